The first-order chi connectivity index (χ1) is 14.0. The molecule has 1 aliphatic rings. The van der Waals surface area contributed by atoms with Crippen LogP contribution >= 0.6 is 0 Å². The van der Waals surface area contributed by atoms with Crippen molar-refractivity contribution in [1.82, 2.24) is 14.3 Å². The van der Waals surface area contributed by atoms with E-state index in [-0.39, 0.29) is 11.5 Å². The lowest BCUT2D eigenvalue weighted by Gasteiger charge is -2.26. The summed E-state index contributed by atoms with van der Waals surface area (Å²) in [6.07, 6.45) is -3.87. The van der Waals surface area contributed by atoms with Crippen molar-refractivity contribution in [3.05, 3.63) is 41.5 Å². The van der Waals surface area contributed by atoms with Crippen LogP contribution in [0, 0.1) is 11.3 Å². The molecular formula is C20H20F3N5O. The van der Waals surface area contributed by atoms with Gasteiger partial charge < -0.3 is 10.1 Å². The Labute approximate surface area is 165 Å². The van der Waals surface area contributed by atoms with Crippen molar-refractivity contribution in [2.45, 2.75) is 12.6 Å². The first kappa shape index (κ1) is 19.5. The molecule has 1 saturated heterocycles. The SMILES string of the molecule is N#Cc1c(C(F)(F)F)cc(NCCCN2CCOCC2)n2c1nc1ccccc12. The summed E-state index contributed by atoms with van der Waals surface area (Å²) in [5.41, 5.74) is -0.228. The van der Waals surface area contributed by atoms with E-state index in [0.29, 0.717) is 30.8 Å². The van der Waals surface area contributed by atoms with Crippen LogP contribution in [-0.4, -0.2) is 53.7 Å². The van der Waals surface area contributed by atoms with Crippen molar-refractivity contribution < 1.29 is 17.9 Å². The second-order valence-corrected chi connectivity index (χ2v) is 6.92. The summed E-state index contributed by atoms with van der Waals surface area (Å²) in [6, 6.07) is 9.76. The highest BCUT2D eigenvalue weighted by molar-refractivity contribution is 5.85. The molecule has 29 heavy (non-hydrogen) atoms. The smallest absolute Gasteiger partial charge is 0.379 e. The lowest BCUT2D eigenvalue weighted by Crippen LogP contribution is -2.37. The van der Waals surface area contributed by atoms with Crippen molar-refractivity contribution in [2.75, 3.05) is 44.7 Å². The van der Waals surface area contributed by atoms with Crippen LogP contribution in [0.5, 0.6) is 0 Å². The molecule has 0 bridgehead atoms. The van der Waals surface area contributed by atoms with Crippen molar-refractivity contribution in [2.24, 2.45) is 0 Å². The number of aromatic nitrogens is 2. The highest BCUT2D eigenvalue weighted by Crippen LogP contribution is 2.36. The van der Waals surface area contributed by atoms with Crippen molar-refractivity contribution in [1.29, 1.82) is 5.26 Å². The molecule has 152 valence electrons. The van der Waals surface area contributed by atoms with Crippen LogP contribution in [0.15, 0.2) is 30.3 Å². The Morgan fingerprint density at radius 2 is 1.97 bits per heavy atom. The minimum absolute atomic E-state index is 0.0132. The number of hydrogen-bond donors (Lipinski definition) is 1. The van der Waals surface area contributed by atoms with Crippen LogP contribution in [0.3, 0.4) is 0 Å². The van der Waals surface area contributed by atoms with E-state index in [9.17, 15) is 18.4 Å². The lowest BCUT2D eigenvalue weighted by molar-refractivity contribution is -0.137. The predicted octanol–water partition coefficient (Wildman–Crippen LogP) is 3.51. The van der Waals surface area contributed by atoms with Gasteiger partial charge in [0.15, 0.2) is 5.65 Å². The van der Waals surface area contributed by atoms with Gasteiger partial charge in [-0.3, -0.25) is 9.30 Å². The second kappa shape index (κ2) is 7.89. The summed E-state index contributed by atoms with van der Waals surface area (Å²) in [7, 11) is 0. The van der Waals surface area contributed by atoms with Crippen molar-refractivity contribution in [3.8, 4) is 6.07 Å². The molecule has 1 aliphatic heterocycles. The molecule has 0 radical (unpaired) electrons. The zero-order chi connectivity index (χ0) is 20.4. The van der Waals surface area contributed by atoms with Crippen LogP contribution in [0.2, 0.25) is 0 Å². The van der Waals surface area contributed by atoms with Crippen LogP contribution in [0.1, 0.15) is 17.5 Å². The number of nitrogens with one attached hydrogen (secondary N) is 1. The third-order valence-electron chi connectivity index (χ3n) is 5.05. The van der Waals surface area contributed by atoms with Crippen LogP contribution < -0.4 is 5.32 Å². The fraction of sp³-hybridized carbons (Fsp3) is 0.400. The van der Waals surface area contributed by atoms with Gasteiger partial charge in [-0.15, -0.1) is 0 Å². The average Bonchev–Trinajstić information content (AvgIpc) is 3.10. The molecule has 0 saturated carbocycles. The van der Waals surface area contributed by atoms with Crippen LogP contribution in [0.25, 0.3) is 16.7 Å². The standard InChI is InChI=1S/C20H20F3N5O/c21-20(22,23)15-12-18(25-6-3-7-27-8-10-29-11-9-27)28-17-5-2-1-4-16(17)26-19(28)14(15)13-24/h1-2,4-5,12,25H,3,6-11H2. The maximum atomic E-state index is 13.6. The summed E-state index contributed by atoms with van der Waals surface area (Å²) in [4.78, 5) is 6.57. The summed E-state index contributed by atoms with van der Waals surface area (Å²) in [5, 5.41) is 12.5. The topological polar surface area (TPSA) is 65.6 Å². The number of alkyl halides is 3. The third kappa shape index (κ3) is 3.86. The molecule has 9 heteroatoms. The summed E-state index contributed by atoms with van der Waals surface area (Å²) in [6.45, 7) is 4.49. The van der Waals surface area contributed by atoms with Gasteiger partial charge in [0.1, 0.15) is 17.5 Å². The Balaban J connectivity index is 1.68. The van der Waals surface area contributed by atoms with Gasteiger partial charge in [0, 0.05) is 19.6 Å². The number of morpholine rings is 1. The number of benzene rings is 1. The molecule has 0 unspecified atom stereocenters. The quantitative estimate of drug-likeness (QED) is 0.661. The molecule has 0 aliphatic carbocycles. The van der Waals surface area contributed by atoms with Crippen molar-refractivity contribution in [3.63, 3.8) is 0 Å². The second-order valence-electron chi connectivity index (χ2n) is 6.92. The molecule has 1 fully saturated rings. The van der Waals surface area contributed by atoms with E-state index in [2.05, 4.69) is 15.2 Å². The molecule has 6 nitrogen and oxygen atoms in total. The number of rotatable bonds is 5. The Morgan fingerprint density at radius 1 is 1.21 bits per heavy atom. The highest BCUT2D eigenvalue weighted by Gasteiger charge is 2.36. The molecule has 0 amide bonds. The normalized spacial score (nSPS) is 15.7. The molecule has 3 aromatic rings. The number of hydrogen-bond acceptors (Lipinski definition) is 5. The minimum Gasteiger partial charge on any atom is -0.379 e. The van der Waals surface area contributed by atoms with Gasteiger partial charge in [0.05, 0.1) is 29.8 Å². The van der Waals surface area contributed by atoms with Gasteiger partial charge in [-0.25, -0.2) is 4.98 Å². The summed E-state index contributed by atoms with van der Waals surface area (Å²) in [5.74, 6) is 0.280. The lowest BCUT2D eigenvalue weighted by atomic mass is 10.1. The van der Waals surface area contributed by atoms with E-state index in [1.54, 1.807) is 34.7 Å². The maximum absolute atomic E-state index is 13.6. The minimum atomic E-state index is -4.64. The summed E-state index contributed by atoms with van der Waals surface area (Å²) < 4.78 is 47.7. The molecule has 3 heterocycles. The zero-order valence-electron chi connectivity index (χ0n) is 15.7. The largest absolute Gasteiger partial charge is 0.417 e. The van der Waals surface area contributed by atoms with E-state index < -0.39 is 17.3 Å². The number of para-hydroxylation sites is 2. The number of nitriles is 1. The predicted molar refractivity (Wildman–Crippen MR) is 103 cm³/mol. The number of anilines is 1. The Hall–Kier alpha value is -2.83. The van der Waals surface area contributed by atoms with Crippen LogP contribution in [0.4, 0.5) is 19.0 Å². The number of fused-ring (bicyclic) bond motifs is 3. The number of imidazole rings is 1. The van der Waals surface area contributed by atoms with E-state index >= 15 is 0 Å². The highest BCUT2D eigenvalue weighted by atomic mass is 19.4. The Bertz CT molecular complexity index is 1060. The monoisotopic (exact) mass is 403 g/mol. The summed E-state index contributed by atoms with van der Waals surface area (Å²) >= 11 is 0. The molecule has 2 aromatic heterocycles. The van der Waals surface area contributed by atoms with Gasteiger partial charge in [-0.2, -0.15) is 18.4 Å². The molecule has 0 spiro atoms. The third-order valence-corrected chi connectivity index (χ3v) is 5.05. The van der Waals surface area contributed by atoms with Crippen molar-refractivity contribution >= 4 is 22.5 Å². The Kier molecular flexibility index (Phi) is 5.30. The average molecular weight is 403 g/mol. The van der Waals surface area contributed by atoms with Gasteiger partial charge in [0.25, 0.3) is 0 Å². The fourth-order valence-electron chi connectivity index (χ4n) is 3.64. The van der Waals surface area contributed by atoms with Gasteiger partial charge in [-0.1, -0.05) is 12.1 Å². The number of halogens is 3. The first-order valence-electron chi connectivity index (χ1n) is 9.44. The molecule has 4 rings (SSSR count). The van der Waals surface area contributed by atoms with Gasteiger partial charge in [-0.05, 0) is 31.2 Å². The van der Waals surface area contributed by atoms with E-state index in [4.69, 9.17) is 4.74 Å². The zero-order valence-corrected chi connectivity index (χ0v) is 15.7. The molecule has 1 aromatic carbocycles. The molecule has 1 N–H and O–H groups in total. The van der Waals surface area contributed by atoms with E-state index in [1.807, 2.05) is 0 Å². The Morgan fingerprint density at radius 3 is 2.69 bits per heavy atom. The van der Waals surface area contributed by atoms with E-state index in [1.165, 1.54) is 0 Å². The number of nitrogens with zero attached hydrogens (tertiary/aromatic N) is 4. The van der Waals surface area contributed by atoms with E-state index in [0.717, 1.165) is 32.1 Å². The number of ether oxygens (including phenoxy) is 1. The van der Waals surface area contributed by atoms with Gasteiger partial charge >= 0.3 is 6.18 Å². The fourth-order valence-corrected chi connectivity index (χ4v) is 3.64. The molecule has 0 atom stereocenters. The maximum Gasteiger partial charge on any atom is 0.417 e. The first-order valence-corrected chi connectivity index (χ1v) is 9.44. The van der Waals surface area contributed by atoms with Gasteiger partial charge in [0.2, 0.25) is 0 Å². The van der Waals surface area contributed by atoms with Crippen LogP contribution in [-0.2, 0) is 10.9 Å². The molecular weight excluding hydrogens is 383 g/mol. The number of pyridine rings is 1.